The first-order valence-corrected chi connectivity index (χ1v) is 2.27. The van der Waals surface area contributed by atoms with Gasteiger partial charge >= 0.3 is 0 Å². The van der Waals surface area contributed by atoms with Crippen LogP contribution in [0.15, 0.2) is 0 Å². The normalized spacial score (nSPS) is 7.38. The molecule has 0 atom stereocenters. The van der Waals surface area contributed by atoms with Gasteiger partial charge < -0.3 is 4.90 Å². The van der Waals surface area contributed by atoms with Crippen LogP contribution in [-0.2, 0) is 37.5 Å². The Morgan fingerprint density at radius 2 is 2.12 bits per heavy atom. The van der Waals surface area contributed by atoms with Crippen LogP contribution in [-0.4, -0.2) is 17.4 Å². The van der Waals surface area contributed by atoms with E-state index in [0.29, 0.717) is 6.54 Å². The zero-order chi connectivity index (χ0) is 5.86. The first-order valence-electron chi connectivity index (χ1n) is 2.27. The summed E-state index contributed by atoms with van der Waals surface area (Å²) in [5, 5.41) is 0. The van der Waals surface area contributed by atoms with Gasteiger partial charge in [-0.25, -0.2) is 0 Å². The maximum Gasteiger partial charge on any atom is 0.190 e. The molecule has 0 saturated carbocycles. The van der Waals surface area contributed by atoms with E-state index < -0.39 is 0 Å². The molecule has 0 unspecified atom stereocenters. The van der Waals surface area contributed by atoms with Gasteiger partial charge in [0.15, 0.2) is 5.91 Å². The molecule has 0 bridgehead atoms. The van der Waals surface area contributed by atoms with Crippen molar-refractivity contribution in [1.82, 2.24) is 4.90 Å². The summed E-state index contributed by atoms with van der Waals surface area (Å²) in [6.07, 6.45) is 0. The zero-order valence-electron chi connectivity index (χ0n) is 5.35. The molecule has 3 heteroatoms. The predicted octanol–water partition coefficient (Wildman–Crippen LogP) is 0.644. The van der Waals surface area contributed by atoms with Crippen molar-refractivity contribution in [2.24, 2.45) is 0 Å². The fourth-order valence-corrected chi connectivity index (χ4v) is 0.223. The smallest absolute Gasteiger partial charge is 0.190 e. The van der Waals surface area contributed by atoms with Gasteiger partial charge in [-0.3, -0.25) is 11.8 Å². The molecule has 0 fully saturated rings. The molecule has 1 amide bonds. The predicted molar refractivity (Wildman–Crippen MR) is 28.4 cm³/mol. The molecule has 0 N–H and O–H groups in total. The topological polar surface area (TPSA) is 20.3 Å². The summed E-state index contributed by atoms with van der Waals surface area (Å²) in [5.74, 6) is 0.0162. The van der Waals surface area contributed by atoms with E-state index in [0.717, 1.165) is 0 Å². The first kappa shape index (κ1) is 11.4. The third kappa shape index (κ3) is 4.73. The number of hydrogen-bond acceptors (Lipinski definition) is 1. The Kier molecular flexibility index (Phi) is 8.12. The minimum atomic E-state index is 0. The Balaban J connectivity index is 0. The average Bonchev–Trinajstić information content (AvgIpc) is 1.65. The second-order valence-corrected chi connectivity index (χ2v) is 1.38. The molecule has 8 heavy (non-hydrogen) atoms. The quantitative estimate of drug-likeness (QED) is 0.554. The van der Waals surface area contributed by atoms with E-state index in [9.17, 15) is 4.79 Å². The van der Waals surface area contributed by atoms with Crippen molar-refractivity contribution in [2.75, 3.05) is 6.54 Å². The van der Waals surface area contributed by atoms with Gasteiger partial charge in [0.05, 0.1) is 0 Å². The third-order valence-corrected chi connectivity index (χ3v) is 0.827. The second kappa shape index (κ2) is 5.71. The molecule has 0 aliphatic carbocycles. The summed E-state index contributed by atoms with van der Waals surface area (Å²) in [4.78, 5) is 11.6. The molecular weight excluding hydrogens is 179 g/mol. The van der Waals surface area contributed by atoms with Gasteiger partial charge in [-0.1, -0.05) is 0 Å². The fourth-order valence-electron chi connectivity index (χ4n) is 0.223. The average molecular weight is 189 g/mol. The summed E-state index contributed by atoms with van der Waals surface area (Å²) in [6.45, 7) is 4.07. The molecule has 0 spiro atoms. The van der Waals surface area contributed by atoms with Crippen LogP contribution < -0.4 is 0 Å². The van der Waals surface area contributed by atoms with Crippen LogP contribution in [0, 0.1) is 7.05 Å². The van der Waals surface area contributed by atoms with Gasteiger partial charge in [0.25, 0.3) is 0 Å². The van der Waals surface area contributed by atoms with Gasteiger partial charge in [0.1, 0.15) is 0 Å². The molecule has 0 saturated heterocycles. The minimum Gasteiger partial charge on any atom is -0.496 e. The van der Waals surface area contributed by atoms with Crippen LogP contribution in [0.5, 0.6) is 0 Å². The van der Waals surface area contributed by atoms with Crippen LogP contribution in [0.1, 0.15) is 13.8 Å². The van der Waals surface area contributed by atoms with Crippen molar-refractivity contribution in [3.8, 4) is 0 Å². The van der Waals surface area contributed by atoms with Crippen LogP contribution >= 0.6 is 0 Å². The molecule has 0 aliphatic heterocycles. The first-order chi connectivity index (χ1) is 3.18. The number of amides is 1. The Morgan fingerprint density at radius 3 is 2.12 bits per heavy atom. The minimum absolute atomic E-state index is 0. The van der Waals surface area contributed by atoms with E-state index in [1.54, 1.807) is 0 Å². The molecule has 0 rings (SSSR count). The van der Waals surface area contributed by atoms with Crippen LogP contribution in [0.2, 0.25) is 0 Å². The molecule has 45 valence electrons. The Hall–Kier alpha value is 0.574. The fraction of sp³-hybridized carbons (Fsp3) is 0.600. The van der Waals surface area contributed by atoms with Crippen molar-refractivity contribution in [3.05, 3.63) is 7.05 Å². The number of hydrogen-bond donors (Lipinski definition) is 0. The van der Waals surface area contributed by atoms with Gasteiger partial charge in [-0.05, 0) is 13.5 Å². The van der Waals surface area contributed by atoms with Crippen LogP contribution in [0.3, 0.4) is 0 Å². The van der Waals surface area contributed by atoms with E-state index >= 15 is 0 Å². The van der Waals surface area contributed by atoms with E-state index in [4.69, 9.17) is 0 Å². The van der Waals surface area contributed by atoms with Gasteiger partial charge in [0, 0.05) is 39.6 Å². The van der Waals surface area contributed by atoms with Crippen molar-refractivity contribution in [1.29, 1.82) is 0 Å². The van der Waals surface area contributed by atoms with Crippen molar-refractivity contribution >= 4 is 5.91 Å². The SMILES string of the molecule is [CH2-]N(CC)C(C)=O.[Y]. The van der Waals surface area contributed by atoms with E-state index in [1.165, 1.54) is 11.8 Å². The van der Waals surface area contributed by atoms with Gasteiger partial charge in [-0.2, -0.15) is 0 Å². The Bertz CT molecular complexity index is 74.8. The van der Waals surface area contributed by atoms with Gasteiger partial charge in [-0.15, -0.1) is 0 Å². The third-order valence-electron chi connectivity index (χ3n) is 0.827. The molecule has 0 aromatic rings. The molecule has 2 nitrogen and oxygen atoms in total. The summed E-state index contributed by atoms with van der Waals surface area (Å²) >= 11 is 0. The zero-order valence-corrected chi connectivity index (χ0v) is 8.19. The van der Waals surface area contributed by atoms with E-state index in [1.807, 2.05) is 6.92 Å². The van der Waals surface area contributed by atoms with Crippen LogP contribution in [0.25, 0.3) is 0 Å². The molecule has 1 radical (unpaired) electrons. The maximum absolute atomic E-state index is 10.2. The molecule has 0 aliphatic rings. The molecule has 0 heterocycles. The summed E-state index contributed by atoms with van der Waals surface area (Å²) in [6, 6.07) is 0. The number of rotatable bonds is 1. The molecular formula is C5H10NOY-. The van der Waals surface area contributed by atoms with Gasteiger partial charge in [0.2, 0.25) is 0 Å². The van der Waals surface area contributed by atoms with Crippen LogP contribution in [0.4, 0.5) is 0 Å². The van der Waals surface area contributed by atoms with Crippen molar-refractivity contribution in [3.63, 3.8) is 0 Å². The standard InChI is InChI=1S/C5H10NO.Y/c1-4-6(3)5(2)7;/h3-4H2,1-2H3;/q-1;. The van der Waals surface area contributed by atoms with Crippen molar-refractivity contribution < 1.29 is 37.5 Å². The van der Waals surface area contributed by atoms with E-state index in [-0.39, 0.29) is 38.6 Å². The number of carbonyl (C=O) groups is 1. The number of nitrogens with zero attached hydrogens (tertiary/aromatic N) is 1. The Labute approximate surface area is 75.5 Å². The summed E-state index contributed by atoms with van der Waals surface area (Å²) in [7, 11) is 3.44. The monoisotopic (exact) mass is 189 g/mol. The van der Waals surface area contributed by atoms with E-state index in [2.05, 4.69) is 7.05 Å². The molecule has 0 aromatic heterocycles. The summed E-state index contributed by atoms with van der Waals surface area (Å²) in [5.41, 5.74) is 0. The Morgan fingerprint density at radius 1 is 1.75 bits per heavy atom. The summed E-state index contributed by atoms with van der Waals surface area (Å²) < 4.78 is 0. The maximum atomic E-state index is 10.2. The number of carbonyl (C=O) groups excluding carboxylic acids is 1. The second-order valence-electron chi connectivity index (χ2n) is 1.38. The largest absolute Gasteiger partial charge is 0.496 e. The van der Waals surface area contributed by atoms with Crippen molar-refractivity contribution in [2.45, 2.75) is 13.8 Å². The molecule has 0 aromatic carbocycles.